The fraction of sp³-hybridized carbons (Fsp3) is 0.316. The Labute approximate surface area is 157 Å². The van der Waals surface area contributed by atoms with E-state index < -0.39 is 4.92 Å². The molecule has 1 aliphatic rings. The predicted octanol–water partition coefficient (Wildman–Crippen LogP) is 3.58. The summed E-state index contributed by atoms with van der Waals surface area (Å²) in [6, 6.07) is 17.0. The molecule has 2 aromatic rings. The zero-order chi connectivity index (χ0) is 18.4. The van der Waals surface area contributed by atoms with Gasteiger partial charge in [0.25, 0.3) is 5.69 Å². The number of nitrogens with one attached hydrogen (secondary N) is 2. The molecular weight excluding hydrogens is 348 g/mol. The zero-order valence-corrected chi connectivity index (χ0v) is 15.5. The van der Waals surface area contributed by atoms with E-state index in [1.54, 1.807) is 19.2 Å². The molecule has 1 aliphatic carbocycles. The zero-order valence-electron chi connectivity index (χ0n) is 14.6. The van der Waals surface area contributed by atoms with Gasteiger partial charge in [-0.25, -0.2) is 0 Å². The van der Waals surface area contributed by atoms with Crippen molar-refractivity contribution in [3.8, 4) is 0 Å². The average Bonchev–Trinajstić information content (AvgIpc) is 3.42. The van der Waals surface area contributed by atoms with Gasteiger partial charge >= 0.3 is 0 Å². The molecule has 6 nitrogen and oxygen atoms in total. The van der Waals surface area contributed by atoms with E-state index in [4.69, 9.17) is 0 Å². The second-order valence-electron chi connectivity index (χ2n) is 6.30. The number of nitro benzene ring substituents is 1. The van der Waals surface area contributed by atoms with Crippen LogP contribution in [0.2, 0.25) is 0 Å². The van der Waals surface area contributed by atoms with Crippen molar-refractivity contribution < 1.29 is 4.92 Å². The second-order valence-corrected chi connectivity index (χ2v) is 7.84. The van der Waals surface area contributed by atoms with Gasteiger partial charge in [-0.1, -0.05) is 30.3 Å². The summed E-state index contributed by atoms with van der Waals surface area (Å²) in [7, 11) is 1.75. The van der Waals surface area contributed by atoms with Gasteiger partial charge in [-0.15, -0.1) is 11.8 Å². The molecule has 0 saturated heterocycles. The van der Waals surface area contributed by atoms with E-state index in [9.17, 15) is 10.1 Å². The Balaban J connectivity index is 1.48. The van der Waals surface area contributed by atoms with E-state index in [1.807, 2.05) is 17.8 Å². The van der Waals surface area contributed by atoms with Crippen molar-refractivity contribution in [2.75, 3.05) is 13.6 Å². The van der Waals surface area contributed by atoms with E-state index >= 15 is 0 Å². The van der Waals surface area contributed by atoms with Gasteiger partial charge in [0.1, 0.15) is 0 Å². The second kappa shape index (κ2) is 8.23. The average molecular weight is 370 g/mol. The molecule has 0 radical (unpaired) electrons. The number of nitrogens with zero attached hydrogens (tertiary/aromatic N) is 2. The van der Waals surface area contributed by atoms with E-state index in [0.29, 0.717) is 6.54 Å². The van der Waals surface area contributed by atoms with Crippen LogP contribution in [0.15, 0.2) is 64.5 Å². The monoisotopic (exact) mass is 370 g/mol. The molecule has 1 fully saturated rings. The number of benzene rings is 2. The van der Waals surface area contributed by atoms with Crippen molar-refractivity contribution in [2.45, 2.75) is 29.0 Å². The van der Waals surface area contributed by atoms with Crippen LogP contribution >= 0.6 is 11.8 Å². The number of non-ortho nitro benzene ring substituents is 1. The van der Waals surface area contributed by atoms with Gasteiger partial charge in [0.05, 0.1) is 4.92 Å². The fourth-order valence-electron chi connectivity index (χ4n) is 2.58. The van der Waals surface area contributed by atoms with Crippen LogP contribution < -0.4 is 10.6 Å². The topological polar surface area (TPSA) is 79.6 Å². The van der Waals surface area contributed by atoms with E-state index in [1.165, 1.54) is 29.9 Å². The molecule has 0 atom stereocenters. The fourth-order valence-corrected chi connectivity index (χ4v) is 3.82. The highest BCUT2D eigenvalue weighted by molar-refractivity contribution is 8.01. The van der Waals surface area contributed by atoms with Crippen LogP contribution in [0.3, 0.4) is 0 Å². The molecule has 0 unspecified atom stereocenters. The van der Waals surface area contributed by atoms with Gasteiger partial charge < -0.3 is 10.6 Å². The SMILES string of the molecule is CN=C(NCc1ccc([N+](=O)[O-])cc1)NCC1(Sc2ccccc2)CC1. The molecule has 1 saturated carbocycles. The Morgan fingerprint density at radius 2 is 1.85 bits per heavy atom. The van der Waals surface area contributed by atoms with Crippen LogP contribution in [0.4, 0.5) is 5.69 Å². The highest BCUT2D eigenvalue weighted by Crippen LogP contribution is 2.51. The molecule has 0 bridgehead atoms. The van der Waals surface area contributed by atoms with Gasteiger partial charge in [0.15, 0.2) is 5.96 Å². The Morgan fingerprint density at radius 1 is 1.15 bits per heavy atom. The molecule has 0 aromatic heterocycles. The van der Waals surface area contributed by atoms with E-state index in [0.717, 1.165) is 18.1 Å². The maximum absolute atomic E-state index is 10.7. The quantitative estimate of drug-likeness (QED) is 0.337. The van der Waals surface area contributed by atoms with Crippen molar-refractivity contribution in [1.82, 2.24) is 10.6 Å². The van der Waals surface area contributed by atoms with Gasteiger partial charge in [-0.3, -0.25) is 15.1 Å². The van der Waals surface area contributed by atoms with Gasteiger partial charge in [-0.2, -0.15) is 0 Å². The molecule has 2 N–H and O–H groups in total. The third kappa shape index (κ3) is 4.98. The number of guanidine groups is 1. The third-order valence-electron chi connectivity index (χ3n) is 4.29. The molecular formula is C19H22N4O2S. The van der Waals surface area contributed by atoms with E-state index in [-0.39, 0.29) is 10.4 Å². The Morgan fingerprint density at radius 3 is 2.42 bits per heavy atom. The van der Waals surface area contributed by atoms with Crippen LogP contribution in [-0.4, -0.2) is 29.2 Å². The molecule has 2 aromatic carbocycles. The third-order valence-corrected chi connectivity index (χ3v) is 5.79. The summed E-state index contributed by atoms with van der Waals surface area (Å²) in [6.07, 6.45) is 2.39. The standard InChI is InChI=1S/C19H22N4O2S/c1-20-18(21-13-15-7-9-16(10-8-15)23(24)25)22-14-19(11-12-19)26-17-5-3-2-4-6-17/h2-10H,11-14H2,1H3,(H2,20,21,22). The molecule has 7 heteroatoms. The molecule has 0 spiro atoms. The van der Waals surface area contributed by atoms with Crippen molar-refractivity contribution in [3.05, 3.63) is 70.3 Å². The summed E-state index contributed by atoms with van der Waals surface area (Å²) in [4.78, 5) is 15.9. The minimum atomic E-state index is -0.392. The Hall–Kier alpha value is -2.54. The normalized spacial score (nSPS) is 15.3. The van der Waals surface area contributed by atoms with Crippen LogP contribution in [0, 0.1) is 10.1 Å². The lowest BCUT2D eigenvalue weighted by atomic mass is 10.2. The van der Waals surface area contributed by atoms with Crippen molar-refractivity contribution in [2.24, 2.45) is 4.99 Å². The predicted molar refractivity (Wildman–Crippen MR) is 106 cm³/mol. The lowest BCUT2D eigenvalue weighted by Crippen LogP contribution is -2.40. The van der Waals surface area contributed by atoms with Crippen molar-refractivity contribution in [3.63, 3.8) is 0 Å². The Bertz CT molecular complexity index is 774. The highest BCUT2D eigenvalue weighted by atomic mass is 32.2. The first-order valence-corrected chi connectivity index (χ1v) is 9.34. The van der Waals surface area contributed by atoms with Crippen LogP contribution in [0.5, 0.6) is 0 Å². The minimum absolute atomic E-state index is 0.102. The maximum atomic E-state index is 10.7. The van der Waals surface area contributed by atoms with Crippen molar-refractivity contribution in [1.29, 1.82) is 0 Å². The molecule has 0 aliphatic heterocycles. The molecule has 136 valence electrons. The first-order chi connectivity index (χ1) is 12.6. The molecule has 26 heavy (non-hydrogen) atoms. The number of thioether (sulfide) groups is 1. The lowest BCUT2D eigenvalue weighted by Gasteiger charge is -2.18. The number of hydrogen-bond donors (Lipinski definition) is 2. The van der Waals surface area contributed by atoms with Crippen LogP contribution in [0.25, 0.3) is 0 Å². The van der Waals surface area contributed by atoms with Gasteiger partial charge in [0, 0.05) is 41.9 Å². The van der Waals surface area contributed by atoms with Gasteiger partial charge in [-0.05, 0) is 30.5 Å². The number of hydrogen-bond acceptors (Lipinski definition) is 4. The molecule has 0 heterocycles. The Kier molecular flexibility index (Phi) is 5.78. The minimum Gasteiger partial charge on any atom is -0.355 e. The summed E-state index contributed by atoms with van der Waals surface area (Å²) in [5, 5.41) is 17.4. The van der Waals surface area contributed by atoms with E-state index in [2.05, 4.69) is 39.9 Å². The summed E-state index contributed by atoms with van der Waals surface area (Å²) in [6.45, 7) is 1.42. The first-order valence-electron chi connectivity index (χ1n) is 8.52. The largest absolute Gasteiger partial charge is 0.355 e. The number of rotatable bonds is 7. The van der Waals surface area contributed by atoms with Gasteiger partial charge in [0.2, 0.25) is 0 Å². The smallest absolute Gasteiger partial charge is 0.269 e. The molecule has 3 rings (SSSR count). The first kappa shape index (κ1) is 18.3. The number of aliphatic imine (C=N–C) groups is 1. The number of nitro groups is 1. The summed E-state index contributed by atoms with van der Waals surface area (Å²) >= 11 is 1.92. The summed E-state index contributed by atoms with van der Waals surface area (Å²) < 4.78 is 0.242. The summed E-state index contributed by atoms with van der Waals surface area (Å²) in [5.74, 6) is 0.739. The van der Waals surface area contributed by atoms with Crippen LogP contribution in [0.1, 0.15) is 18.4 Å². The maximum Gasteiger partial charge on any atom is 0.269 e. The summed E-state index contributed by atoms with van der Waals surface area (Å²) in [5.41, 5.74) is 1.07. The molecule has 0 amide bonds. The highest BCUT2D eigenvalue weighted by Gasteiger charge is 2.43. The van der Waals surface area contributed by atoms with Crippen LogP contribution in [-0.2, 0) is 6.54 Å². The lowest BCUT2D eigenvalue weighted by molar-refractivity contribution is -0.384. The van der Waals surface area contributed by atoms with Crippen molar-refractivity contribution >= 4 is 23.4 Å².